The molecule has 0 bridgehead atoms. The third-order valence-electron chi connectivity index (χ3n) is 3.46. The lowest BCUT2D eigenvalue weighted by Crippen LogP contribution is -2.45. The summed E-state index contributed by atoms with van der Waals surface area (Å²) in [5.74, 6) is 0.699. The van der Waals surface area contributed by atoms with Crippen LogP contribution >= 0.6 is 0 Å². The normalized spacial score (nSPS) is 12.0. The van der Waals surface area contributed by atoms with Crippen LogP contribution in [0.1, 0.15) is 57.2 Å². The Hall–Kier alpha value is -1.55. The Labute approximate surface area is 134 Å². The fraction of sp³-hybridized carbons (Fsp3) is 0.611. The predicted molar refractivity (Wildman–Crippen MR) is 91.2 cm³/mol. The van der Waals surface area contributed by atoms with Crippen LogP contribution < -0.4 is 5.32 Å². The number of amides is 1. The molecule has 0 aromatic heterocycles. The lowest BCUT2D eigenvalue weighted by Gasteiger charge is -2.24. The van der Waals surface area contributed by atoms with E-state index in [1.807, 2.05) is 51.8 Å². The smallest absolute Gasteiger partial charge is 0.234 e. The Morgan fingerprint density at radius 3 is 2.41 bits per heavy atom. The van der Waals surface area contributed by atoms with Gasteiger partial charge in [-0.3, -0.25) is 9.69 Å². The van der Waals surface area contributed by atoms with Crippen molar-refractivity contribution in [1.29, 1.82) is 0 Å². The first-order chi connectivity index (χ1) is 9.99. The molecule has 1 amide bonds. The van der Waals surface area contributed by atoms with E-state index in [0.717, 1.165) is 11.1 Å². The number of likely N-dealkylation sites (N-methyl/N-ethyl adjacent to an activating group) is 1. The molecular formula is C18H30N2O2. The number of phenols is 1. The highest BCUT2D eigenvalue weighted by Crippen LogP contribution is 2.27. The molecule has 0 saturated carbocycles. The SMILES string of the molecule is Cc1cc(O)c(CN(C)CC(=O)NC(C)(C)C)cc1C(C)C. The summed E-state index contributed by atoms with van der Waals surface area (Å²) in [4.78, 5) is 13.9. The van der Waals surface area contributed by atoms with Crippen LogP contribution in [0, 0.1) is 6.92 Å². The number of nitrogens with zero attached hydrogens (tertiary/aromatic N) is 1. The Bertz CT molecular complexity index is 531. The molecule has 22 heavy (non-hydrogen) atoms. The highest BCUT2D eigenvalue weighted by molar-refractivity contribution is 5.78. The zero-order valence-electron chi connectivity index (χ0n) is 14.9. The Morgan fingerprint density at radius 2 is 1.91 bits per heavy atom. The molecule has 0 saturated heterocycles. The first kappa shape index (κ1) is 18.5. The van der Waals surface area contributed by atoms with Gasteiger partial charge in [-0.1, -0.05) is 19.9 Å². The summed E-state index contributed by atoms with van der Waals surface area (Å²) >= 11 is 0. The van der Waals surface area contributed by atoms with Crippen molar-refractivity contribution < 1.29 is 9.90 Å². The molecule has 0 heterocycles. The topological polar surface area (TPSA) is 52.6 Å². The summed E-state index contributed by atoms with van der Waals surface area (Å²) in [6, 6.07) is 3.86. The summed E-state index contributed by atoms with van der Waals surface area (Å²) in [7, 11) is 1.89. The Balaban J connectivity index is 2.78. The number of aromatic hydroxyl groups is 1. The first-order valence-corrected chi connectivity index (χ1v) is 7.81. The van der Waals surface area contributed by atoms with Crippen LogP contribution in [0.2, 0.25) is 0 Å². The zero-order valence-corrected chi connectivity index (χ0v) is 14.9. The highest BCUT2D eigenvalue weighted by atomic mass is 16.3. The average molecular weight is 306 g/mol. The molecule has 1 aromatic rings. The van der Waals surface area contributed by atoms with E-state index < -0.39 is 0 Å². The van der Waals surface area contributed by atoms with Crippen LogP contribution in [0.4, 0.5) is 0 Å². The van der Waals surface area contributed by atoms with Crippen LogP contribution in [0.5, 0.6) is 5.75 Å². The minimum absolute atomic E-state index is 0.00863. The molecule has 0 aliphatic carbocycles. The second-order valence-electron chi connectivity index (χ2n) is 7.46. The summed E-state index contributed by atoms with van der Waals surface area (Å²) in [6.07, 6.45) is 0. The molecule has 0 aliphatic rings. The molecule has 0 atom stereocenters. The summed E-state index contributed by atoms with van der Waals surface area (Å²) < 4.78 is 0. The van der Waals surface area contributed by atoms with Crippen molar-refractivity contribution in [2.24, 2.45) is 0 Å². The third-order valence-corrected chi connectivity index (χ3v) is 3.46. The molecule has 0 radical (unpaired) electrons. The van der Waals surface area contributed by atoms with Gasteiger partial charge in [0.1, 0.15) is 5.75 Å². The third kappa shape index (κ3) is 5.68. The average Bonchev–Trinajstić information content (AvgIpc) is 2.29. The molecule has 0 fully saturated rings. The van der Waals surface area contributed by atoms with Crippen molar-refractivity contribution in [2.45, 2.75) is 59.5 Å². The second-order valence-corrected chi connectivity index (χ2v) is 7.46. The molecule has 1 rings (SSSR count). The van der Waals surface area contributed by atoms with Gasteiger partial charge in [-0.05, 0) is 57.9 Å². The van der Waals surface area contributed by atoms with E-state index in [1.165, 1.54) is 5.56 Å². The van der Waals surface area contributed by atoms with Gasteiger partial charge in [0, 0.05) is 17.6 Å². The van der Waals surface area contributed by atoms with Gasteiger partial charge in [-0.2, -0.15) is 0 Å². The number of hydrogen-bond donors (Lipinski definition) is 2. The monoisotopic (exact) mass is 306 g/mol. The maximum atomic E-state index is 12.0. The number of carbonyl (C=O) groups is 1. The lowest BCUT2D eigenvalue weighted by atomic mass is 9.95. The number of nitrogens with one attached hydrogen (secondary N) is 1. The molecule has 0 unspecified atom stereocenters. The van der Waals surface area contributed by atoms with Gasteiger partial charge in [0.25, 0.3) is 0 Å². The quantitative estimate of drug-likeness (QED) is 0.878. The minimum Gasteiger partial charge on any atom is -0.508 e. The van der Waals surface area contributed by atoms with Crippen molar-refractivity contribution in [1.82, 2.24) is 10.2 Å². The maximum Gasteiger partial charge on any atom is 0.234 e. The number of benzene rings is 1. The summed E-state index contributed by atoms with van der Waals surface area (Å²) in [5, 5.41) is 13.1. The number of phenolic OH excluding ortho intramolecular Hbond substituents is 1. The van der Waals surface area contributed by atoms with Crippen LogP contribution in [-0.4, -0.2) is 35.0 Å². The van der Waals surface area contributed by atoms with Crippen molar-refractivity contribution in [3.05, 3.63) is 28.8 Å². The Kier molecular flexibility index (Phi) is 6.00. The highest BCUT2D eigenvalue weighted by Gasteiger charge is 2.16. The lowest BCUT2D eigenvalue weighted by molar-refractivity contribution is -0.123. The summed E-state index contributed by atoms with van der Waals surface area (Å²) in [6.45, 7) is 13.0. The molecule has 4 heteroatoms. The van der Waals surface area contributed by atoms with E-state index in [9.17, 15) is 9.90 Å². The summed E-state index contributed by atoms with van der Waals surface area (Å²) in [5.41, 5.74) is 2.97. The Morgan fingerprint density at radius 1 is 1.32 bits per heavy atom. The number of aryl methyl sites for hydroxylation is 1. The van der Waals surface area contributed by atoms with Crippen molar-refractivity contribution >= 4 is 5.91 Å². The fourth-order valence-corrected chi connectivity index (χ4v) is 2.55. The van der Waals surface area contributed by atoms with Gasteiger partial charge in [-0.25, -0.2) is 0 Å². The zero-order chi connectivity index (χ0) is 17.1. The predicted octanol–water partition coefficient (Wildman–Crippen LogP) is 3.17. The largest absolute Gasteiger partial charge is 0.508 e. The first-order valence-electron chi connectivity index (χ1n) is 7.81. The minimum atomic E-state index is -0.227. The van der Waals surface area contributed by atoms with Crippen LogP contribution in [0.3, 0.4) is 0 Å². The van der Waals surface area contributed by atoms with Gasteiger partial charge < -0.3 is 10.4 Å². The van der Waals surface area contributed by atoms with Gasteiger partial charge >= 0.3 is 0 Å². The number of hydrogen-bond acceptors (Lipinski definition) is 3. The number of carbonyl (C=O) groups excluding carboxylic acids is 1. The van der Waals surface area contributed by atoms with E-state index in [-0.39, 0.29) is 11.4 Å². The van der Waals surface area contributed by atoms with Gasteiger partial charge in [-0.15, -0.1) is 0 Å². The van der Waals surface area contributed by atoms with Crippen molar-refractivity contribution in [2.75, 3.05) is 13.6 Å². The standard InChI is InChI=1S/C18H30N2O2/c1-12(2)15-9-14(16(21)8-13(15)3)10-20(7)11-17(22)19-18(4,5)6/h8-9,12,21H,10-11H2,1-7H3,(H,19,22). The molecule has 1 aromatic carbocycles. The van der Waals surface area contributed by atoms with E-state index >= 15 is 0 Å². The van der Waals surface area contributed by atoms with Gasteiger partial charge in [0.15, 0.2) is 0 Å². The molecule has 124 valence electrons. The molecule has 2 N–H and O–H groups in total. The molecule has 0 aliphatic heterocycles. The van der Waals surface area contributed by atoms with Crippen LogP contribution in [0.25, 0.3) is 0 Å². The van der Waals surface area contributed by atoms with E-state index in [1.54, 1.807) is 0 Å². The van der Waals surface area contributed by atoms with E-state index in [4.69, 9.17) is 0 Å². The molecular weight excluding hydrogens is 276 g/mol. The van der Waals surface area contributed by atoms with E-state index in [2.05, 4.69) is 19.2 Å². The van der Waals surface area contributed by atoms with Crippen LogP contribution in [-0.2, 0) is 11.3 Å². The van der Waals surface area contributed by atoms with Crippen molar-refractivity contribution in [3.8, 4) is 5.75 Å². The maximum absolute atomic E-state index is 12.0. The van der Waals surface area contributed by atoms with Crippen LogP contribution in [0.15, 0.2) is 12.1 Å². The van der Waals surface area contributed by atoms with Gasteiger partial charge in [0.2, 0.25) is 5.91 Å². The molecule has 4 nitrogen and oxygen atoms in total. The fourth-order valence-electron chi connectivity index (χ4n) is 2.55. The second kappa shape index (κ2) is 7.14. The van der Waals surface area contributed by atoms with E-state index in [0.29, 0.717) is 24.8 Å². The van der Waals surface area contributed by atoms with Gasteiger partial charge in [0.05, 0.1) is 6.54 Å². The van der Waals surface area contributed by atoms with Crippen molar-refractivity contribution in [3.63, 3.8) is 0 Å². The molecule has 0 spiro atoms. The number of rotatable bonds is 5.